The molecule has 16 heavy (non-hydrogen) atoms. The third kappa shape index (κ3) is 4.23. The summed E-state index contributed by atoms with van der Waals surface area (Å²) in [6.07, 6.45) is 0.688. The van der Waals surface area contributed by atoms with Gasteiger partial charge in [-0.15, -0.1) is 0 Å². The second-order valence-corrected chi connectivity index (χ2v) is 7.06. The first-order chi connectivity index (χ1) is 7.29. The second-order valence-electron chi connectivity index (χ2n) is 3.94. The highest BCUT2D eigenvalue weighted by atomic mass is 79.9. The molecule has 0 saturated heterocycles. The summed E-state index contributed by atoms with van der Waals surface area (Å²) in [6.45, 7) is 1.93. The molecule has 1 rings (SSSR count). The Morgan fingerprint density at radius 3 is 2.56 bits per heavy atom. The molecular weight excluding hydrogens is 292 g/mol. The van der Waals surface area contributed by atoms with Crippen LogP contribution in [-0.4, -0.2) is 25.5 Å². The van der Waals surface area contributed by atoms with Crippen molar-refractivity contribution in [3.8, 4) is 0 Å². The molecule has 1 aromatic rings. The Hall–Kier alpha value is -0.390. The van der Waals surface area contributed by atoms with Crippen molar-refractivity contribution < 1.29 is 13.5 Å². The van der Waals surface area contributed by atoms with Crippen LogP contribution < -0.4 is 0 Å². The van der Waals surface area contributed by atoms with E-state index in [1.165, 1.54) is 6.26 Å². The Kier molecular flexibility index (Phi) is 4.52. The molecule has 0 aromatic heterocycles. The van der Waals surface area contributed by atoms with Gasteiger partial charge < -0.3 is 5.11 Å². The fourth-order valence-electron chi connectivity index (χ4n) is 1.37. The van der Waals surface area contributed by atoms with Crippen LogP contribution in [0.25, 0.3) is 0 Å². The molecule has 5 heteroatoms. The van der Waals surface area contributed by atoms with Gasteiger partial charge in [-0.25, -0.2) is 8.42 Å². The zero-order chi connectivity index (χ0) is 12.3. The average molecular weight is 307 g/mol. The van der Waals surface area contributed by atoms with E-state index >= 15 is 0 Å². The van der Waals surface area contributed by atoms with Crippen LogP contribution in [0.5, 0.6) is 0 Å². The van der Waals surface area contributed by atoms with Gasteiger partial charge >= 0.3 is 0 Å². The van der Waals surface area contributed by atoms with Gasteiger partial charge in [0, 0.05) is 10.7 Å². The van der Waals surface area contributed by atoms with Crippen LogP contribution in [-0.2, 0) is 9.84 Å². The van der Waals surface area contributed by atoms with Crippen molar-refractivity contribution in [2.24, 2.45) is 0 Å². The van der Waals surface area contributed by atoms with Crippen LogP contribution >= 0.6 is 15.9 Å². The van der Waals surface area contributed by atoms with E-state index in [9.17, 15) is 13.5 Å². The lowest BCUT2D eigenvalue weighted by Gasteiger charge is -2.11. The zero-order valence-electron chi connectivity index (χ0n) is 9.27. The summed E-state index contributed by atoms with van der Waals surface area (Å²) >= 11 is 3.37. The molecule has 1 atom stereocenters. The SMILES string of the molecule is Cc1cc(C(O)CCS(C)(=O)=O)ccc1Br. The van der Waals surface area contributed by atoms with Crippen molar-refractivity contribution in [3.05, 3.63) is 33.8 Å². The quantitative estimate of drug-likeness (QED) is 0.928. The summed E-state index contributed by atoms with van der Waals surface area (Å²) in [5, 5.41) is 9.82. The number of hydrogen-bond acceptors (Lipinski definition) is 3. The molecule has 0 heterocycles. The van der Waals surface area contributed by atoms with E-state index in [4.69, 9.17) is 0 Å². The number of aliphatic hydroxyl groups is 1. The molecular formula is C11H15BrO3S. The van der Waals surface area contributed by atoms with E-state index < -0.39 is 15.9 Å². The normalized spacial score (nSPS) is 13.8. The molecule has 0 fully saturated rings. The van der Waals surface area contributed by atoms with Gasteiger partial charge in [0.15, 0.2) is 0 Å². The fourth-order valence-corrected chi connectivity index (χ4v) is 2.27. The molecule has 0 aliphatic rings. The van der Waals surface area contributed by atoms with E-state index in [0.29, 0.717) is 0 Å². The highest BCUT2D eigenvalue weighted by Crippen LogP contribution is 2.23. The van der Waals surface area contributed by atoms with Gasteiger partial charge in [-0.3, -0.25) is 0 Å². The summed E-state index contributed by atoms with van der Waals surface area (Å²) < 4.78 is 22.9. The van der Waals surface area contributed by atoms with Crippen LogP contribution in [0.15, 0.2) is 22.7 Å². The molecule has 0 bridgehead atoms. The monoisotopic (exact) mass is 306 g/mol. The van der Waals surface area contributed by atoms with Crippen molar-refractivity contribution in [2.75, 3.05) is 12.0 Å². The Labute approximate surface area is 105 Å². The van der Waals surface area contributed by atoms with Gasteiger partial charge in [0.05, 0.1) is 11.9 Å². The Bertz CT molecular complexity index is 468. The minimum absolute atomic E-state index is 0.00325. The first-order valence-corrected chi connectivity index (χ1v) is 7.77. The summed E-state index contributed by atoms with van der Waals surface area (Å²) in [7, 11) is -3.01. The smallest absolute Gasteiger partial charge is 0.147 e. The van der Waals surface area contributed by atoms with Crippen molar-refractivity contribution in [3.63, 3.8) is 0 Å². The lowest BCUT2D eigenvalue weighted by molar-refractivity contribution is 0.174. The number of sulfone groups is 1. The van der Waals surface area contributed by atoms with Gasteiger partial charge in [-0.05, 0) is 30.5 Å². The lowest BCUT2D eigenvalue weighted by atomic mass is 10.1. The van der Waals surface area contributed by atoms with E-state index in [1.807, 2.05) is 19.1 Å². The fraction of sp³-hybridized carbons (Fsp3) is 0.455. The zero-order valence-corrected chi connectivity index (χ0v) is 11.7. The second kappa shape index (κ2) is 5.29. The maximum atomic E-state index is 11.0. The standard InChI is InChI=1S/C11H15BrO3S/c1-8-7-9(3-4-10(8)12)11(13)5-6-16(2,14)15/h3-4,7,11,13H,5-6H2,1-2H3. The van der Waals surface area contributed by atoms with E-state index in [-0.39, 0.29) is 12.2 Å². The first kappa shape index (κ1) is 13.7. The Balaban J connectivity index is 2.73. The van der Waals surface area contributed by atoms with Crippen molar-refractivity contribution in [1.82, 2.24) is 0 Å². The van der Waals surface area contributed by atoms with Gasteiger partial charge in [0.25, 0.3) is 0 Å². The molecule has 3 nitrogen and oxygen atoms in total. The van der Waals surface area contributed by atoms with Crippen molar-refractivity contribution >= 4 is 25.8 Å². The first-order valence-electron chi connectivity index (χ1n) is 4.91. The molecule has 0 amide bonds. The summed E-state index contributed by atoms with van der Waals surface area (Å²) in [4.78, 5) is 0. The summed E-state index contributed by atoms with van der Waals surface area (Å²) in [6, 6.07) is 5.51. The number of benzene rings is 1. The summed E-state index contributed by atoms with van der Waals surface area (Å²) in [5.74, 6) is 0.00325. The molecule has 0 aliphatic heterocycles. The molecule has 0 spiro atoms. The molecule has 1 aromatic carbocycles. The molecule has 1 unspecified atom stereocenters. The number of hydrogen-bond donors (Lipinski definition) is 1. The van der Waals surface area contributed by atoms with Crippen LogP contribution in [0.3, 0.4) is 0 Å². The topological polar surface area (TPSA) is 54.4 Å². The van der Waals surface area contributed by atoms with Crippen LogP contribution in [0.2, 0.25) is 0 Å². The van der Waals surface area contributed by atoms with Crippen molar-refractivity contribution in [1.29, 1.82) is 0 Å². The average Bonchev–Trinajstić information content (AvgIpc) is 2.17. The molecule has 0 saturated carbocycles. The maximum absolute atomic E-state index is 11.0. The largest absolute Gasteiger partial charge is 0.388 e. The van der Waals surface area contributed by atoms with Gasteiger partial charge in [-0.2, -0.15) is 0 Å². The number of aryl methyl sites for hydroxylation is 1. The summed E-state index contributed by atoms with van der Waals surface area (Å²) in [5.41, 5.74) is 1.78. The third-order valence-corrected chi connectivity index (χ3v) is 4.20. The molecule has 0 aliphatic carbocycles. The van der Waals surface area contributed by atoms with Crippen molar-refractivity contribution in [2.45, 2.75) is 19.4 Å². The van der Waals surface area contributed by atoms with E-state index in [0.717, 1.165) is 15.6 Å². The molecule has 1 N–H and O–H groups in total. The number of halogens is 1. The Morgan fingerprint density at radius 2 is 2.06 bits per heavy atom. The minimum atomic E-state index is -3.01. The third-order valence-electron chi connectivity index (χ3n) is 2.33. The van der Waals surface area contributed by atoms with Gasteiger partial charge in [0.2, 0.25) is 0 Å². The van der Waals surface area contributed by atoms with E-state index in [2.05, 4.69) is 15.9 Å². The maximum Gasteiger partial charge on any atom is 0.147 e. The predicted molar refractivity (Wildman–Crippen MR) is 68.2 cm³/mol. The van der Waals surface area contributed by atoms with Crippen LogP contribution in [0.4, 0.5) is 0 Å². The highest BCUT2D eigenvalue weighted by Gasteiger charge is 2.12. The lowest BCUT2D eigenvalue weighted by Crippen LogP contribution is -2.08. The predicted octanol–water partition coefficient (Wildman–Crippen LogP) is 2.23. The molecule has 90 valence electrons. The van der Waals surface area contributed by atoms with Gasteiger partial charge in [-0.1, -0.05) is 28.1 Å². The highest BCUT2D eigenvalue weighted by molar-refractivity contribution is 9.10. The van der Waals surface area contributed by atoms with Crippen LogP contribution in [0.1, 0.15) is 23.7 Å². The number of rotatable bonds is 4. The van der Waals surface area contributed by atoms with Gasteiger partial charge in [0.1, 0.15) is 9.84 Å². The Morgan fingerprint density at radius 1 is 1.44 bits per heavy atom. The van der Waals surface area contributed by atoms with Crippen LogP contribution in [0, 0.1) is 6.92 Å². The minimum Gasteiger partial charge on any atom is -0.388 e. The van der Waals surface area contributed by atoms with E-state index in [1.54, 1.807) is 6.07 Å². The molecule has 0 radical (unpaired) electrons. The number of aliphatic hydroxyl groups excluding tert-OH is 1.